The molecular formula is C48H31NO. The Balaban J connectivity index is 1.17. The molecule has 50 heavy (non-hydrogen) atoms. The zero-order valence-electron chi connectivity index (χ0n) is 27.3. The van der Waals surface area contributed by atoms with Gasteiger partial charge in [-0.3, -0.25) is 0 Å². The molecule has 0 unspecified atom stereocenters. The Morgan fingerprint density at radius 2 is 0.980 bits per heavy atom. The first-order chi connectivity index (χ1) is 24.8. The fourth-order valence-electron chi connectivity index (χ4n) is 7.67. The van der Waals surface area contributed by atoms with Crippen LogP contribution >= 0.6 is 0 Å². The van der Waals surface area contributed by atoms with Crippen molar-refractivity contribution >= 4 is 71.3 Å². The summed E-state index contributed by atoms with van der Waals surface area (Å²) in [5.74, 6) is 0. The van der Waals surface area contributed by atoms with Gasteiger partial charge in [-0.25, -0.2) is 0 Å². The third kappa shape index (κ3) is 4.57. The van der Waals surface area contributed by atoms with Crippen molar-refractivity contribution in [1.82, 2.24) is 0 Å². The normalized spacial score (nSPS) is 11.6. The Bertz CT molecular complexity index is 2870. The lowest BCUT2D eigenvalue weighted by Gasteiger charge is -2.28. The van der Waals surface area contributed by atoms with Crippen LogP contribution in [0.1, 0.15) is 0 Å². The lowest BCUT2D eigenvalue weighted by Crippen LogP contribution is -2.11. The van der Waals surface area contributed by atoms with Crippen molar-refractivity contribution in [3.8, 4) is 22.3 Å². The number of anilines is 3. The summed E-state index contributed by atoms with van der Waals surface area (Å²) >= 11 is 0. The first kappa shape index (κ1) is 28.4. The van der Waals surface area contributed by atoms with E-state index >= 15 is 0 Å². The molecule has 0 aliphatic heterocycles. The molecule has 0 saturated carbocycles. The van der Waals surface area contributed by atoms with Crippen molar-refractivity contribution in [2.24, 2.45) is 0 Å². The third-order valence-electron chi connectivity index (χ3n) is 10.0. The highest BCUT2D eigenvalue weighted by Gasteiger charge is 2.20. The number of benzene rings is 9. The van der Waals surface area contributed by atoms with E-state index in [2.05, 4.69) is 193 Å². The second kappa shape index (κ2) is 11.5. The molecule has 0 amide bonds. The van der Waals surface area contributed by atoms with E-state index in [-0.39, 0.29) is 0 Å². The summed E-state index contributed by atoms with van der Waals surface area (Å²) in [6, 6.07) is 67.5. The number of nitrogens with zero attached hydrogens (tertiary/aromatic N) is 1. The molecule has 0 bridgehead atoms. The maximum Gasteiger partial charge on any atom is 0.143 e. The maximum absolute atomic E-state index is 6.52. The van der Waals surface area contributed by atoms with E-state index in [1.54, 1.807) is 0 Å². The van der Waals surface area contributed by atoms with Gasteiger partial charge in [0, 0.05) is 33.1 Å². The van der Waals surface area contributed by atoms with Gasteiger partial charge in [-0.05, 0) is 92.2 Å². The number of hydrogen-bond acceptors (Lipinski definition) is 2. The van der Waals surface area contributed by atoms with Gasteiger partial charge in [0.25, 0.3) is 0 Å². The molecular weight excluding hydrogens is 607 g/mol. The van der Waals surface area contributed by atoms with E-state index in [0.29, 0.717) is 0 Å². The van der Waals surface area contributed by atoms with Gasteiger partial charge in [0.2, 0.25) is 0 Å². The monoisotopic (exact) mass is 637 g/mol. The Morgan fingerprint density at radius 1 is 0.340 bits per heavy atom. The van der Waals surface area contributed by atoms with Crippen LogP contribution in [-0.2, 0) is 0 Å². The van der Waals surface area contributed by atoms with E-state index < -0.39 is 0 Å². The summed E-state index contributed by atoms with van der Waals surface area (Å²) in [7, 11) is 0. The first-order valence-electron chi connectivity index (χ1n) is 17.1. The SMILES string of the molecule is c1ccc(-c2ccccc2N(c2ccc(-c3cc4ccccc4c4ccccc34)cc2)c2ccc3oc4c5ccccc5ccc4c3c2)cc1. The van der Waals surface area contributed by atoms with Crippen molar-refractivity contribution in [3.63, 3.8) is 0 Å². The van der Waals surface area contributed by atoms with E-state index in [9.17, 15) is 0 Å². The molecule has 10 rings (SSSR count). The van der Waals surface area contributed by atoms with Crippen molar-refractivity contribution in [2.75, 3.05) is 4.90 Å². The van der Waals surface area contributed by atoms with E-state index in [4.69, 9.17) is 4.42 Å². The highest BCUT2D eigenvalue weighted by Crippen LogP contribution is 2.44. The van der Waals surface area contributed by atoms with Gasteiger partial charge in [0.1, 0.15) is 11.2 Å². The average Bonchev–Trinajstić information content (AvgIpc) is 3.57. The van der Waals surface area contributed by atoms with Gasteiger partial charge >= 0.3 is 0 Å². The molecule has 0 radical (unpaired) electrons. The molecule has 0 aliphatic rings. The van der Waals surface area contributed by atoms with Crippen molar-refractivity contribution in [1.29, 1.82) is 0 Å². The number of fused-ring (bicyclic) bond motifs is 8. The predicted molar refractivity (Wildman–Crippen MR) is 212 cm³/mol. The maximum atomic E-state index is 6.52. The molecule has 234 valence electrons. The molecule has 0 fully saturated rings. The topological polar surface area (TPSA) is 16.4 Å². The molecule has 1 aromatic heterocycles. The van der Waals surface area contributed by atoms with Gasteiger partial charge in [-0.2, -0.15) is 0 Å². The molecule has 10 aromatic rings. The zero-order valence-corrected chi connectivity index (χ0v) is 27.3. The van der Waals surface area contributed by atoms with Crippen LogP contribution in [0.15, 0.2) is 192 Å². The van der Waals surface area contributed by atoms with Gasteiger partial charge in [-0.1, -0.05) is 140 Å². The van der Waals surface area contributed by atoms with E-state index in [0.717, 1.165) is 44.4 Å². The van der Waals surface area contributed by atoms with Crippen LogP contribution in [0, 0.1) is 0 Å². The minimum Gasteiger partial charge on any atom is -0.455 e. The second-order valence-electron chi connectivity index (χ2n) is 12.9. The van der Waals surface area contributed by atoms with Crippen LogP contribution in [0.4, 0.5) is 17.1 Å². The van der Waals surface area contributed by atoms with Gasteiger partial charge in [0.05, 0.1) is 5.69 Å². The molecule has 0 atom stereocenters. The smallest absolute Gasteiger partial charge is 0.143 e. The summed E-state index contributed by atoms with van der Waals surface area (Å²) < 4.78 is 6.52. The largest absolute Gasteiger partial charge is 0.455 e. The van der Waals surface area contributed by atoms with Gasteiger partial charge in [-0.15, -0.1) is 0 Å². The fraction of sp³-hybridized carbons (Fsp3) is 0. The lowest BCUT2D eigenvalue weighted by atomic mass is 9.93. The standard InChI is InChI=1S/C48H31NO/c1-2-12-32(13-3-1)39-17-10-11-21-46(39)49(37-27-29-47-45(31-37)43-28-24-33-14-4-7-18-40(33)48(43)50-47)36-25-22-34(23-26-36)44-30-35-15-5-6-16-38(35)41-19-8-9-20-42(41)44/h1-31H. The highest BCUT2D eigenvalue weighted by molar-refractivity contribution is 6.16. The molecule has 0 N–H and O–H groups in total. The number of rotatable bonds is 5. The average molecular weight is 638 g/mol. The Kier molecular flexibility index (Phi) is 6.53. The molecule has 0 saturated heterocycles. The minimum atomic E-state index is 0.884. The van der Waals surface area contributed by atoms with Crippen LogP contribution in [-0.4, -0.2) is 0 Å². The summed E-state index contributed by atoms with van der Waals surface area (Å²) in [6.07, 6.45) is 0. The van der Waals surface area contributed by atoms with Crippen LogP contribution < -0.4 is 4.90 Å². The van der Waals surface area contributed by atoms with Crippen molar-refractivity contribution < 1.29 is 4.42 Å². The summed E-state index contributed by atoms with van der Waals surface area (Å²) in [5, 5.41) is 9.59. The lowest BCUT2D eigenvalue weighted by molar-refractivity contribution is 0.672. The first-order valence-corrected chi connectivity index (χ1v) is 17.1. The molecule has 0 spiro atoms. The van der Waals surface area contributed by atoms with Crippen LogP contribution in [0.25, 0.3) is 76.5 Å². The highest BCUT2D eigenvalue weighted by atomic mass is 16.3. The fourth-order valence-corrected chi connectivity index (χ4v) is 7.67. The summed E-state index contributed by atoms with van der Waals surface area (Å²) in [5.41, 5.74) is 9.85. The Labute approximate surface area is 290 Å². The van der Waals surface area contributed by atoms with Crippen LogP contribution in [0.2, 0.25) is 0 Å². The van der Waals surface area contributed by atoms with Gasteiger partial charge in [0.15, 0.2) is 0 Å². The Hall–Kier alpha value is -6.64. The molecule has 1 heterocycles. The third-order valence-corrected chi connectivity index (χ3v) is 10.0. The van der Waals surface area contributed by atoms with E-state index in [1.165, 1.54) is 49.2 Å². The number of hydrogen-bond donors (Lipinski definition) is 0. The number of furan rings is 1. The van der Waals surface area contributed by atoms with E-state index in [1.807, 2.05) is 0 Å². The van der Waals surface area contributed by atoms with Gasteiger partial charge < -0.3 is 9.32 Å². The van der Waals surface area contributed by atoms with Crippen molar-refractivity contribution in [3.05, 3.63) is 188 Å². The summed E-state index contributed by atoms with van der Waals surface area (Å²) in [6.45, 7) is 0. The predicted octanol–water partition coefficient (Wildman–Crippen LogP) is 13.8. The minimum absolute atomic E-state index is 0.884. The van der Waals surface area contributed by atoms with Crippen LogP contribution in [0.5, 0.6) is 0 Å². The van der Waals surface area contributed by atoms with Crippen LogP contribution in [0.3, 0.4) is 0 Å². The summed E-state index contributed by atoms with van der Waals surface area (Å²) in [4.78, 5) is 2.38. The molecule has 2 nitrogen and oxygen atoms in total. The van der Waals surface area contributed by atoms with Crippen molar-refractivity contribution in [2.45, 2.75) is 0 Å². The zero-order chi connectivity index (χ0) is 33.0. The molecule has 2 heteroatoms. The molecule has 0 aliphatic carbocycles. The number of para-hydroxylation sites is 1. The Morgan fingerprint density at radius 3 is 1.82 bits per heavy atom. The second-order valence-corrected chi connectivity index (χ2v) is 12.9. The quantitative estimate of drug-likeness (QED) is 0.175. The molecule has 9 aromatic carbocycles.